The molecule has 10 nitrogen and oxygen atoms in total. The molecule has 0 aliphatic carbocycles. The van der Waals surface area contributed by atoms with E-state index < -0.39 is 39.3 Å². The van der Waals surface area contributed by atoms with Crippen LogP contribution in [0.1, 0.15) is 32.8 Å². The number of sulfonamides is 1. The fourth-order valence-electron chi connectivity index (χ4n) is 3.87. The van der Waals surface area contributed by atoms with Crippen molar-refractivity contribution in [3.05, 3.63) is 98.5 Å². The predicted molar refractivity (Wildman–Crippen MR) is 158 cm³/mol. The zero-order valence-electron chi connectivity index (χ0n) is 22.7. The van der Waals surface area contributed by atoms with Crippen molar-refractivity contribution in [1.29, 1.82) is 0 Å². The highest BCUT2D eigenvalue weighted by atomic mass is 35.5. The van der Waals surface area contributed by atoms with Crippen molar-refractivity contribution in [1.82, 2.24) is 10.2 Å². The van der Waals surface area contributed by atoms with Crippen molar-refractivity contribution in [2.75, 3.05) is 10.8 Å². The minimum atomic E-state index is -4.30. The van der Waals surface area contributed by atoms with E-state index in [1.807, 2.05) is 13.8 Å². The number of nitro benzene ring substituents is 1. The Morgan fingerprint density at radius 3 is 2.20 bits per heavy atom. The molecule has 0 bridgehead atoms. The average Bonchev–Trinajstić information content (AvgIpc) is 2.95. The summed E-state index contributed by atoms with van der Waals surface area (Å²) in [6.07, 6.45) is 0.665. The number of benzene rings is 3. The summed E-state index contributed by atoms with van der Waals surface area (Å²) in [6, 6.07) is 15.9. The topological polar surface area (TPSA) is 130 Å². The Bertz CT molecular complexity index is 1500. The van der Waals surface area contributed by atoms with Crippen molar-refractivity contribution in [2.24, 2.45) is 0 Å². The van der Waals surface area contributed by atoms with Gasteiger partial charge in [-0.15, -0.1) is 0 Å². The molecule has 2 unspecified atom stereocenters. The number of rotatable bonds is 12. The summed E-state index contributed by atoms with van der Waals surface area (Å²) < 4.78 is 28.4. The highest BCUT2D eigenvalue weighted by Gasteiger charge is 2.33. The van der Waals surface area contributed by atoms with Gasteiger partial charge in [-0.1, -0.05) is 54.4 Å². The zero-order valence-corrected chi connectivity index (χ0v) is 25.0. The highest BCUT2D eigenvalue weighted by molar-refractivity contribution is 7.92. The van der Waals surface area contributed by atoms with Gasteiger partial charge in [0, 0.05) is 34.8 Å². The van der Waals surface area contributed by atoms with Gasteiger partial charge >= 0.3 is 0 Å². The van der Waals surface area contributed by atoms with Crippen LogP contribution in [-0.4, -0.2) is 48.7 Å². The summed E-state index contributed by atoms with van der Waals surface area (Å²) in [7, 11) is -4.30. The molecule has 0 fully saturated rings. The van der Waals surface area contributed by atoms with E-state index in [9.17, 15) is 28.1 Å². The predicted octanol–water partition coefficient (Wildman–Crippen LogP) is 5.43. The molecule has 0 heterocycles. The summed E-state index contributed by atoms with van der Waals surface area (Å²) >= 11 is 12.4. The van der Waals surface area contributed by atoms with Crippen LogP contribution < -0.4 is 9.62 Å². The number of halogens is 2. The molecule has 1 N–H and O–H groups in total. The molecule has 0 saturated carbocycles. The van der Waals surface area contributed by atoms with Gasteiger partial charge in [0.15, 0.2) is 0 Å². The Kier molecular flexibility index (Phi) is 10.7. The Hall–Kier alpha value is -3.67. The maximum Gasteiger partial charge on any atom is 0.269 e. The number of nitrogens with zero attached hydrogens (tertiary/aromatic N) is 3. The molecule has 0 spiro atoms. The molecule has 0 radical (unpaired) electrons. The van der Waals surface area contributed by atoms with E-state index in [4.69, 9.17) is 23.2 Å². The van der Waals surface area contributed by atoms with Gasteiger partial charge in [0.05, 0.1) is 15.5 Å². The summed E-state index contributed by atoms with van der Waals surface area (Å²) in [5.41, 5.74) is 0.292. The molecule has 3 aromatic rings. The van der Waals surface area contributed by atoms with E-state index in [-0.39, 0.29) is 33.9 Å². The second-order valence-corrected chi connectivity index (χ2v) is 12.1. The lowest BCUT2D eigenvalue weighted by molar-refractivity contribution is -0.384. The number of anilines is 1. The van der Waals surface area contributed by atoms with Crippen LogP contribution in [0.4, 0.5) is 11.4 Å². The standard InChI is InChI=1S/C28H30Cl2N4O6S/c1-4-19(2)31-28(36)20(3)32(17-21-10-11-22(29)16-26(21)30)27(35)18-33(23-12-14-24(15-13-23)34(37)38)41(39,40)25-8-6-5-7-9-25/h5-16,19-20H,4,17-18H2,1-3H3,(H,31,36). The maximum absolute atomic E-state index is 13.9. The largest absolute Gasteiger partial charge is 0.352 e. The van der Waals surface area contributed by atoms with Crippen molar-refractivity contribution >= 4 is 56.4 Å². The Balaban J connectivity index is 2.05. The number of hydrogen-bond donors (Lipinski definition) is 1. The zero-order chi connectivity index (χ0) is 30.3. The third-order valence-electron chi connectivity index (χ3n) is 6.48. The van der Waals surface area contributed by atoms with Crippen molar-refractivity contribution in [3.8, 4) is 0 Å². The van der Waals surface area contributed by atoms with Gasteiger partial charge in [0.2, 0.25) is 11.8 Å². The van der Waals surface area contributed by atoms with Crippen LogP contribution in [0.15, 0.2) is 77.7 Å². The fourth-order valence-corrected chi connectivity index (χ4v) is 5.77. The minimum Gasteiger partial charge on any atom is -0.352 e. The first-order chi connectivity index (χ1) is 19.3. The van der Waals surface area contributed by atoms with Gasteiger partial charge in [-0.05, 0) is 62.2 Å². The maximum atomic E-state index is 13.9. The van der Waals surface area contributed by atoms with Gasteiger partial charge < -0.3 is 10.2 Å². The van der Waals surface area contributed by atoms with Crippen LogP contribution in [0.3, 0.4) is 0 Å². The third kappa shape index (κ3) is 7.96. The Morgan fingerprint density at radius 1 is 1.00 bits per heavy atom. The normalized spacial score (nSPS) is 12.7. The van der Waals surface area contributed by atoms with Crippen LogP contribution in [0, 0.1) is 10.1 Å². The molecule has 41 heavy (non-hydrogen) atoms. The highest BCUT2D eigenvalue weighted by Crippen LogP contribution is 2.27. The number of carbonyl (C=O) groups excluding carboxylic acids is 2. The van der Waals surface area contributed by atoms with Crippen LogP contribution in [0.25, 0.3) is 0 Å². The van der Waals surface area contributed by atoms with E-state index in [1.165, 1.54) is 35.2 Å². The molecule has 0 aliphatic rings. The van der Waals surface area contributed by atoms with Gasteiger partial charge in [-0.25, -0.2) is 8.42 Å². The van der Waals surface area contributed by atoms with Gasteiger partial charge in [-0.3, -0.25) is 24.0 Å². The second kappa shape index (κ2) is 13.8. The number of carbonyl (C=O) groups is 2. The lowest BCUT2D eigenvalue weighted by Crippen LogP contribution is -2.52. The van der Waals surface area contributed by atoms with Gasteiger partial charge in [0.25, 0.3) is 15.7 Å². The summed E-state index contributed by atoms with van der Waals surface area (Å²) in [5.74, 6) is -1.12. The molecule has 2 amide bonds. The number of hydrogen-bond acceptors (Lipinski definition) is 6. The molecule has 13 heteroatoms. The van der Waals surface area contributed by atoms with E-state index in [0.29, 0.717) is 17.0 Å². The van der Waals surface area contributed by atoms with Gasteiger partial charge in [-0.2, -0.15) is 0 Å². The molecule has 0 saturated heterocycles. The first-order valence-electron chi connectivity index (χ1n) is 12.7. The minimum absolute atomic E-state index is 0.0361. The Labute approximate surface area is 249 Å². The lowest BCUT2D eigenvalue weighted by atomic mass is 10.1. The number of nitrogens with one attached hydrogen (secondary N) is 1. The molecular weight excluding hydrogens is 591 g/mol. The van der Waals surface area contributed by atoms with E-state index >= 15 is 0 Å². The summed E-state index contributed by atoms with van der Waals surface area (Å²) in [5, 5.41) is 14.7. The van der Waals surface area contributed by atoms with E-state index in [2.05, 4.69) is 5.32 Å². The van der Waals surface area contributed by atoms with Crippen molar-refractivity contribution < 1.29 is 22.9 Å². The molecule has 3 aromatic carbocycles. The van der Waals surface area contributed by atoms with Crippen molar-refractivity contribution in [2.45, 2.75) is 50.7 Å². The quantitative estimate of drug-likeness (QED) is 0.212. The van der Waals surface area contributed by atoms with Crippen LogP contribution >= 0.6 is 23.2 Å². The molecule has 218 valence electrons. The number of non-ortho nitro benzene ring substituents is 1. The van der Waals surface area contributed by atoms with Gasteiger partial charge in [0.1, 0.15) is 12.6 Å². The summed E-state index contributed by atoms with van der Waals surface area (Å²) in [6.45, 7) is 4.48. The number of amides is 2. The van der Waals surface area contributed by atoms with Crippen LogP contribution in [-0.2, 0) is 26.2 Å². The lowest BCUT2D eigenvalue weighted by Gasteiger charge is -2.32. The van der Waals surface area contributed by atoms with Crippen LogP contribution in [0.5, 0.6) is 0 Å². The molecule has 2 atom stereocenters. The molecule has 3 rings (SSSR count). The average molecular weight is 622 g/mol. The first-order valence-corrected chi connectivity index (χ1v) is 14.9. The Morgan fingerprint density at radius 2 is 1.63 bits per heavy atom. The second-order valence-electron chi connectivity index (χ2n) is 9.35. The monoisotopic (exact) mass is 620 g/mol. The first kappa shape index (κ1) is 31.9. The van der Waals surface area contributed by atoms with Crippen molar-refractivity contribution in [3.63, 3.8) is 0 Å². The molecule has 0 aliphatic heterocycles. The van der Waals surface area contributed by atoms with E-state index in [0.717, 1.165) is 16.4 Å². The fraction of sp³-hybridized carbons (Fsp3) is 0.286. The summed E-state index contributed by atoms with van der Waals surface area (Å²) in [4.78, 5) is 38.8. The van der Waals surface area contributed by atoms with E-state index in [1.54, 1.807) is 37.3 Å². The SMILES string of the molecule is CCC(C)NC(=O)C(C)N(Cc1ccc(Cl)cc1Cl)C(=O)CN(c1ccc([N+](=O)[O-])cc1)S(=O)(=O)c1ccccc1. The molecule has 0 aromatic heterocycles. The third-order valence-corrected chi connectivity index (χ3v) is 8.86. The number of nitro groups is 1. The van der Waals surface area contributed by atoms with Crippen LogP contribution in [0.2, 0.25) is 10.0 Å². The smallest absolute Gasteiger partial charge is 0.269 e. The molecular formula is C28H30Cl2N4O6S.